The number of hydrogen-bond acceptors (Lipinski definition) is 4. The topological polar surface area (TPSA) is 79.6 Å². The van der Waals surface area contributed by atoms with Crippen molar-refractivity contribution in [3.63, 3.8) is 0 Å². The van der Waals surface area contributed by atoms with Crippen LogP contribution in [0.25, 0.3) is 6.08 Å². The standard InChI is InChI=1S/C24H24N2O4S/c27-24(26(21-11-12-21)18-20-5-2-1-3-6-20)15-10-19-8-13-23(14-9-19)31(28,29)25-17-22-7-4-16-30-22/h1-10,13-16,21,25H,11-12,17-18H2/b15-10+. The lowest BCUT2D eigenvalue weighted by molar-refractivity contribution is -0.127. The van der Waals surface area contributed by atoms with Crippen LogP contribution < -0.4 is 4.72 Å². The minimum atomic E-state index is -3.64. The number of amides is 1. The van der Waals surface area contributed by atoms with Gasteiger partial charge in [0.15, 0.2) is 0 Å². The van der Waals surface area contributed by atoms with Gasteiger partial charge in [-0.2, -0.15) is 0 Å². The van der Waals surface area contributed by atoms with Crippen molar-refractivity contribution in [2.45, 2.75) is 36.9 Å². The van der Waals surface area contributed by atoms with Gasteiger partial charge in [-0.3, -0.25) is 4.79 Å². The molecule has 1 amide bonds. The summed E-state index contributed by atoms with van der Waals surface area (Å²) in [6.07, 6.45) is 6.83. The minimum absolute atomic E-state index is 0.0387. The summed E-state index contributed by atoms with van der Waals surface area (Å²) in [6, 6.07) is 20.1. The molecule has 1 saturated carbocycles. The van der Waals surface area contributed by atoms with Crippen molar-refractivity contribution >= 4 is 22.0 Å². The smallest absolute Gasteiger partial charge is 0.247 e. The number of carbonyl (C=O) groups is 1. The molecule has 0 aliphatic heterocycles. The zero-order valence-electron chi connectivity index (χ0n) is 17.0. The maximum absolute atomic E-state index is 12.8. The Morgan fingerprint density at radius 2 is 1.77 bits per heavy atom. The van der Waals surface area contributed by atoms with Crippen LogP contribution in [0.5, 0.6) is 0 Å². The molecule has 1 aromatic heterocycles. The summed E-state index contributed by atoms with van der Waals surface area (Å²) in [5.74, 6) is 0.500. The van der Waals surface area contributed by atoms with Crippen LogP contribution in [0, 0.1) is 0 Å². The number of furan rings is 1. The van der Waals surface area contributed by atoms with E-state index in [-0.39, 0.29) is 17.3 Å². The van der Waals surface area contributed by atoms with E-state index in [1.54, 1.807) is 36.4 Å². The number of hydrogen-bond donors (Lipinski definition) is 1. The largest absolute Gasteiger partial charge is 0.468 e. The van der Waals surface area contributed by atoms with Crippen LogP contribution in [0.2, 0.25) is 0 Å². The number of nitrogens with one attached hydrogen (secondary N) is 1. The van der Waals surface area contributed by atoms with E-state index in [0.29, 0.717) is 18.3 Å². The first kappa shape index (κ1) is 21.1. The zero-order valence-corrected chi connectivity index (χ0v) is 17.8. The van der Waals surface area contributed by atoms with E-state index in [4.69, 9.17) is 4.42 Å². The van der Waals surface area contributed by atoms with E-state index in [9.17, 15) is 13.2 Å². The Morgan fingerprint density at radius 1 is 1.03 bits per heavy atom. The van der Waals surface area contributed by atoms with Crippen LogP contribution in [-0.4, -0.2) is 25.3 Å². The Bertz CT molecular complexity index is 1130. The summed E-state index contributed by atoms with van der Waals surface area (Å²) < 4.78 is 32.5. The zero-order chi connectivity index (χ0) is 21.7. The summed E-state index contributed by atoms with van der Waals surface area (Å²) in [5, 5.41) is 0. The molecule has 1 aliphatic carbocycles. The molecule has 31 heavy (non-hydrogen) atoms. The first-order valence-corrected chi connectivity index (χ1v) is 11.6. The highest BCUT2D eigenvalue weighted by atomic mass is 32.2. The third-order valence-electron chi connectivity index (χ3n) is 5.09. The predicted molar refractivity (Wildman–Crippen MR) is 118 cm³/mol. The van der Waals surface area contributed by atoms with Gasteiger partial charge in [-0.25, -0.2) is 13.1 Å². The third-order valence-corrected chi connectivity index (χ3v) is 6.51. The molecule has 0 radical (unpaired) electrons. The van der Waals surface area contributed by atoms with Gasteiger partial charge in [-0.1, -0.05) is 42.5 Å². The van der Waals surface area contributed by atoms with Gasteiger partial charge in [0.2, 0.25) is 15.9 Å². The number of rotatable bonds is 9. The number of sulfonamides is 1. The Balaban J connectivity index is 1.38. The first-order valence-electron chi connectivity index (χ1n) is 10.2. The number of benzene rings is 2. The maximum Gasteiger partial charge on any atom is 0.247 e. The average Bonchev–Trinajstić information content (AvgIpc) is 3.49. The van der Waals surface area contributed by atoms with Crippen molar-refractivity contribution in [3.05, 3.63) is 96.0 Å². The Kier molecular flexibility index (Phi) is 6.34. The third kappa shape index (κ3) is 5.71. The van der Waals surface area contributed by atoms with Gasteiger partial charge in [0, 0.05) is 18.7 Å². The van der Waals surface area contributed by atoms with E-state index >= 15 is 0 Å². The van der Waals surface area contributed by atoms with Crippen LogP contribution in [0.4, 0.5) is 0 Å². The molecule has 6 nitrogen and oxygen atoms in total. The molecule has 1 aliphatic rings. The molecule has 1 heterocycles. The summed E-state index contributed by atoms with van der Waals surface area (Å²) in [4.78, 5) is 14.8. The number of nitrogens with zero attached hydrogens (tertiary/aromatic N) is 1. The van der Waals surface area contributed by atoms with Gasteiger partial charge in [-0.05, 0) is 54.3 Å². The van der Waals surface area contributed by atoms with Crippen LogP contribution in [-0.2, 0) is 27.9 Å². The molecule has 0 spiro atoms. The van der Waals surface area contributed by atoms with E-state index < -0.39 is 10.0 Å². The molecule has 2 aromatic carbocycles. The second-order valence-corrected chi connectivity index (χ2v) is 9.26. The molecule has 0 atom stereocenters. The maximum atomic E-state index is 12.8. The van der Waals surface area contributed by atoms with Gasteiger partial charge in [0.1, 0.15) is 5.76 Å². The van der Waals surface area contributed by atoms with Crippen molar-refractivity contribution in [1.29, 1.82) is 0 Å². The molecule has 7 heteroatoms. The summed E-state index contributed by atoms with van der Waals surface area (Å²) in [5.41, 5.74) is 1.86. The SMILES string of the molecule is O=C(/C=C/c1ccc(S(=O)(=O)NCc2ccco2)cc1)N(Cc1ccccc1)C1CC1. The fourth-order valence-electron chi connectivity index (χ4n) is 3.24. The molecule has 3 aromatic rings. The lowest BCUT2D eigenvalue weighted by atomic mass is 10.2. The molecule has 0 saturated heterocycles. The molecule has 4 rings (SSSR count). The summed E-state index contributed by atoms with van der Waals surface area (Å²) in [7, 11) is -3.64. The van der Waals surface area contributed by atoms with Gasteiger partial charge in [0.25, 0.3) is 0 Å². The molecule has 0 unspecified atom stereocenters. The van der Waals surface area contributed by atoms with Gasteiger partial charge >= 0.3 is 0 Å². The lowest BCUT2D eigenvalue weighted by Gasteiger charge is -2.21. The Morgan fingerprint density at radius 3 is 2.42 bits per heavy atom. The van der Waals surface area contributed by atoms with E-state index in [1.807, 2.05) is 35.2 Å². The normalized spacial score (nSPS) is 14.1. The lowest BCUT2D eigenvalue weighted by Crippen LogP contribution is -2.31. The van der Waals surface area contributed by atoms with Gasteiger partial charge in [-0.15, -0.1) is 0 Å². The first-order chi connectivity index (χ1) is 15.0. The van der Waals surface area contributed by atoms with Crippen LogP contribution in [0.15, 0.2) is 88.4 Å². The van der Waals surface area contributed by atoms with Crippen molar-refractivity contribution in [2.75, 3.05) is 0 Å². The van der Waals surface area contributed by atoms with Crippen molar-refractivity contribution in [2.24, 2.45) is 0 Å². The van der Waals surface area contributed by atoms with Gasteiger partial charge < -0.3 is 9.32 Å². The Labute approximate surface area is 182 Å². The van der Waals surface area contributed by atoms with E-state index in [0.717, 1.165) is 24.0 Å². The second-order valence-electron chi connectivity index (χ2n) is 7.49. The minimum Gasteiger partial charge on any atom is -0.468 e. The monoisotopic (exact) mass is 436 g/mol. The average molecular weight is 437 g/mol. The highest BCUT2D eigenvalue weighted by Gasteiger charge is 2.31. The van der Waals surface area contributed by atoms with Crippen molar-refractivity contribution < 1.29 is 17.6 Å². The molecule has 1 fully saturated rings. The molecule has 1 N–H and O–H groups in total. The fraction of sp³-hybridized carbons (Fsp3) is 0.208. The second kappa shape index (κ2) is 9.32. The van der Waals surface area contributed by atoms with Crippen molar-refractivity contribution in [1.82, 2.24) is 9.62 Å². The molecular formula is C24H24N2O4S. The highest BCUT2D eigenvalue weighted by molar-refractivity contribution is 7.89. The number of carbonyl (C=O) groups excluding carboxylic acids is 1. The quantitative estimate of drug-likeness (QED) is 0.515. The van der Waals surface area contributed by atoms with Crippen LogP contribution in [0.1, 0.15) is 29.7 Å². The molecular weight excluding hydrogens is 412 g/mol. The predicted octanol–water partition coefficient (Wildman–Crippen LogP) is 3.96. The van der Waals surface area contributed by atoms with E-state index in [1.165, 1.54) is 18.4 Å². The summed E-state index contributed by atoms with van der Waals surface area (Å²) >= 11 is 0. The molecule has 160 valence electrons. The fourth-order valence-corrected chi connectivity index (χ4v) is 4.23. The highest BCUT2D eigenvalue weighted by Crippen LogP contribution is 2.28. The van der Waals surface area contributed by atoms with Crippen molar-refractivity contribution in [3.8, 4) is 0 Å². The van der Waals surface area contributed by atoms with Crippen LogP contribution in [0.3, 0.4) is 0 Å². The van der Waals surface area contributed by atoms with Gasteiger partial charge in [0.05, 0.1) is 17.7 Å². The van der Waals surface area contributed by atoms with Crippen LogP contribution >= 0.6 is 0 Å². The van der Waals surface area contributed by atoms with E-state index in [2.05, 4.69) is 4.72 Å². The Hall–Kier alpha value is -3.16. The summed E-state index contributed by atoms with van der Waals surface area (Å²) in [6.45, 7) is 0.678. The molecule has 0 bridgehead atoms.